The topological polar surface area (TPSA) is 52.0 Å². The van der Waals surface area contributed by atoms with E-state index in [9.17, 15) is 14.0 Å². The maximum absolute atomic E-state index is 13.6. The van der Waals surface area contributed by atoms with Gasteiger partial charge < -0.3 is 0 Å². The lowest BCUT2D eigenvalue weighted by Gasteiger charge is -2.05. The van der Waals surface area contributed by atoms with Crippen LogP contribution in [0.2, 0.25) is 5.02 Å². The van der Waals surface area contributed by atoms with Crippen molar-refractivity contribution in [2.75, 3.05) is 0 Å². The van der Waals surface area contributed by atoms with E-state index in [0.29, 0.717) is 10.9 Å². The maximum atomic E-state index is 13.6. The van der Waals surface area contributed by atoms with Gasteiger partial charge in [0.05, 0.1) is 27.2 Å². The van der Waals surface area contributed by atoms with E-state index in [2.05, 4.69) is 4.98 Å². The molecule has 0 aliphatic carbocycles. The molecule has 0 saturated carbocycles. The summed E-state index contributed by atoms with van der Waals surface area (Å²) in [4.78, 5) is 29.2. The average molecular weight is 301 g/mol. The van der Waals surface area contributed by atoms with Crippen molar-refractivity contribution in [1.29, 1.82) is 0 Å². The van der Waals surface area contributed by atoms with Crippen molar-refractivity contribution in [2.45, 2.75) is 0 Å². The SMILES string of the molecule is O=C1c2c(ccc(F)c2Cl)-n2c1nc1ccccc1c2=O. The fourth-order valence-corrected chi connectivity index (χ4v) is 2.81. The second-order valence-electron chi connectivity index (χ2n) is 4.68. The van der Waals surface area contributed by atoms with Crippen molar-refractivity contribution < 1.29 is 9.18 Å². The van der Waals surface area contributed by atoms with Gasteiger partial charge in [0.25, 0.3) is 5.56 Å². The fraction of sp³-hybridized carbons (Fsp3) is 0. The molecule has 0 bridgehead atoms. The molecule has 0 radical (unpaired) electrons. The Morgan fingerprint density at radius 2 is 1.86 bits per heavy atom. The smallest absolute Gasteiger partial charge is 0.266 e. The molecule has 2 heterocycles. The zero-order valence-corrected chi connectivity index (χ0v) is 11.2. The molecule has 0 spiro atoms. The second-order valence-corrected chi connectivity index (χ2v) is 5.06. The average Bonchev–Trinajstić information content (AvgIpc) is 2.77. The lowest BCUT2D eigenvalue weighted by Crippen LogP contribution is -2.21. The van der Waals surface area contributed by atoms with Crippen LogP contribution in [-0.2, 0) is 0 Å². The predicted molar refractivity (Wildman–Crippen MR) is 75.7 cm³/mol. The monoisotopic (exact) mass is 300 g/mol. The number of ketones is 1. The normalized spacial score (nSPS) is 12.6. The Balaban J connectivity index is 2.21. The molecule has 0 unspecified atom stereocenters. The number of hydrogen-bond donors (Lipinski definition) is 0. The van der Waals surface area contributed by atoms with Crippen LogP contribution in [0.5, 0.6) is 0 Å². The van der Waals surface area contributed by atoms with Gasteiger partial charge in [-0.05, 0) is 24.3 Å². The van der Waals surface area contributed by atoms with Gasteiger partial charge in [0, 0.05) is 0 Å². The number of benzene rings is 2. The Morgan fingerprint density at radius 1 is 1.10 bits per heavy atom. The minimum atomic E-state index is -0.700. The highest BCUT2D eigenvalue weighted by Crippen LogP contribution is 2.33. The number of carbonyl (C=O) groups is 1. The Bertz CT molecular complexity index is 1010. The van der Waals surface area contributed by atoms with E-state index < -0.39 is 11.6 Å². The Labute approximate surface area is 122 Å². The summed E-state index contributed by atoms with van der Waals surface area (Å²) in [7, 11) is 0. The van der Waals surface area contributed by atoms with E-state index in [-0.39, 0.29) is 27.7 Å². The Kier molecular flexibility index (Phi) is 2.32. The Morgan fingerprint density at radius 3 is 2.67 bits per heavy atom. The summed E-state index contributed by atoms with van der Waals surface area (Å²) in [6, 6.07) is 9.22. The summed E-state index contributed by atoms with van der Waals surface area (Å²) in [5.74, 6) is -1.28. The van der Waals surface area contributed by atoms with Gasteiger partial charge in [-0.15, -0.1) is 0 Å². The summed E-state index contributed by atoms with van der Waals surface area (Å²) in [5, 5.41) is 0.105. The first-order valence-corrected chi connectivity index (χ1v) is 6.52. The summed E-state index contributed by atoms with van der Waals surface area (Å²) in [5.41, 5.74) is 0.304. The number of aromatic nitrogens is 2. The first-order valence-electron chi connectivity index (χ1n) is 6.14. The van der Waals surface area contributed by atoms with E-state index in [1.54, 1.807) is 24.3 Å². The zero-order chi connectivity index (χ0) is 14.7. The van der Waals surface area contributed by atoms with Crippen LogP contribution in [0.1, 0.15) is 16.2 Å². The third kappa shape index (κ3) is 1.46. The van der Waals surface area contributed by atoms with Crippen LogP contribution in [0.25, 0.3) is 16.6 Å². The quantitative estimate of drug-likeness (QED) is 0.502. The van der Waals surface area contributed by atoms with Crippen molar-refractivity contribution in [3.05, 3.63) is 69.0 Å². The van der Waals surface area contributed by atoms with Crippen molar-refractivity contribution in [2.24, 2.45) is 0 Å². The van der Waals surface area contributed by atoms with Gasteiger partial charge in [-0.25, -0.2) is 9.37 Å². The van der Waals surface area contributed by atoms with Gasteiger partial charge in [-0.1, -0.05) is 23.7 Å². The third-order valence-corrected chi connectivity index (χ3v) is 3.89. The van der Waals surface area contributed by atoms with Crippen LogP contribution < -0.4 is 5.56 Å². The highest BCUT2D eigenvalue weighted by Gasteiger charge is 2.33. The van der Waals surface area contributed by atoms with Crippen LogP contribution in [0, 0.1) is 5.82 Å². The number of para-hydroxylation sites is 1. The number of nitrogens with zero attached hydrogens (tertiary/aromatic N) is 2. The number of hydrogen-bond acceptors (Lipinski definition) is 3. The van der Waals surface area contributed by atoms with Crippen LogP contribution >= 0.6 is 11.6 Å². The standard InChI is InChI=1S/C15H6ClFN2O2/c16-12-8(17)5-6-10-11(12)13(20)14-18-9-4-2-1-3-7(9)15(21)19(10)14/h1-6H. The molecule has 0 saturated heterocycles. The van der Waals surface area contributed by atoms with E-state index >= 15 is 0 Å². The number of fused-ring (bicyclic) bond motifs is 4. The molecule has 0 N–H and O–H groups in total. The molecular weight excluding hydrogens is 295 g/mol. The summed E-state index contributed by atoms with van der Waals surface area (Å²) >= 11 is 5.87. The Hall–Kier alpha value is -2.53. The number of rotatable bonds is 0. The van der Waals surface area contributed by atoms with E-state index in [4.69, 9.17) is 11.6 Å². The zero-order valence-electron chi connectivity index (χ0n) is 10.4. The van der Waals surface area contributed by atoms with Gasteiger partial charge in [0.2, 0.25) is 5.78 Å². The molecule has 4 rings (SSSR count). The maximum Gasteiger partial charge on any atom is 0.266 e. The largest absolute Gasteiger partial charge is 0.285 e. The third-order valence-electron chi connectivity index (χ3n) is 3.52. The molecular formula is C15H6ClFN2O2. The van der Waals surface area contributed by atoms with E-state index in [0.717, 1.165) is 6.07 Å². The molecule has 6 heteroatoms. The molecule has 0 amide bonds. The first-order chi connectivity index (χ1) is 10.1. The molecule has 0 atom stereocenters. The molecule has 1 aromatic heterocycles. The molecule has 2 aromatic carbocycles. The number of carbonyl (C=O) groups excluding carboxylic acids is 1. The first kappa shape index (κ1) is 12.2. The number of halogens is 2. The van der Waals surface area contributed by atoms with Gasteiger partial charge in [-0.2, -0.15) is 0 Å². The minimum absolute atomic E-state index is 0.0171. The molecule has 1 aliphatic rings. The van der Waals surface area contributed by atoms with Crippen LogP contribution in [0.4, 0.5) is 4.39 Å². The van der Waals surface area contributed by atoms with Crippen molar-refractivity contribution >= 4 is 28.3 Å². The van der Waals surface area contributed by atoms with Crippen LogP contribution in [-0.4, -0.2) is 15.3 Å². The molecule has 0 fully saturated rings. The van der Waals surface area contributed by atoms with Gasteiger partial charge in [0.15, 0.2) is 5.82 Å². The lowest BCUT2D eigenvalue weighted by atomic mass is 10.1. The van der Waals surface area contributed by atoms with Crippen LogP contribution in [0.15, 0.2) is 41.2 Å². The molecule has 4 nitrogen and oxygen atoms in total. The minimum Gasteiger partial charge on any atom is -0.285 e. The van der Waals surface area contributed by atoms with Crippen LogP contribution in [0.3, 0.4) is 0 Å². The fourth-order valence-electron chi connectivity index (χ4n) is 2.56. The van der Waals surface area contributed by atoms with Gasteiger partial charge >= 0.3 is 0 Å². The molecule has 102 valence electrons. The van der Waals surface area contributed by atoms with Crippen molar-refractivity contribution in [3.63, 3.8) is 0 Å². The summed E-state index contributed by atoms with van der Waals surface area (Å²) < 4.78 is 14.7. The molecule has 1 aliphatic heterocycles. The predicted octanol–water partition coefficient (Wildman–Crippen LogP) is 2.72. The lowest BCUT2D eigenvalue weighted by molar-refractivity contribution is 0.103. The van der Waals surface area contributed by atoms with Crippen molar-refractivity contribution in [1.82, 2.24) is 9.55 Å². The van der Waals surface area contributed by atoms with E-state index in [1.807, 2.05) is 0 Å². The van der Waals surface area contributed by atoms with Gasteiger partial charge in [0.1, 0.15) is 5.82 Å². The summed E-state index contributed by atoms with van der Waals surface area (Å²) in [6.45, 7) is 0. The molecule has 21 heavy (non-hydrogen) atoms. The van der Waals surface area contributed by atoms with Gasteiger partial charge in [-0.3, -0.25) is 14.2 Å². The highest BCUT2D eigenvalue weighted by atomic mass is 35.5. The van der Waals surface area contributed by atoms with E-state index in [1.165, 1.54) is 10.6 Å². The summed E-state index contributed by atoms with van der Waals surface area (Å²) in [6.07, 6.45) is 0. The second kappa shape index (κ2) is 3.99. The van der Waals surface area contributed by atoms with Crippen molar-refractivity contribution in [3.8, 4) is 5.69 Å². The highest BCUT2D eigenvalue weighted by molar-refractivity contribution is 6.36. The molecule has 3 aromatic rings.